The van der Waals surface area contributed by atoms with E-state index in [0.717, 1.165) is 12.2 Å². The van der Waals surface area contributed by atoms with E-state index < -0.39 is 0 Å². The SMILES string of the molecule is Cc1ccc(-c2ccccc2)cc1-c1c2c(c3ccccc3[n+]1C)-n1ccnc1C2. The number of hydrogen-bond donors (Lipinski definition) is 0. The third kappa shape index (κ3) is 2.38. The molecule has 0 spiro atoms. The molecule has 0 bridgehead atoms. The van der Waals surface area contributed by atoms with Crippen molar-refractivity contribution >= 4 is 10.9 Å². The summed E-state index contributed by atoms with van der Waals surface area (Å²) in [6, 6.07) is 26.1. The largest absolute Gasteiger partial charge is 0.302 e. The first-order valence-electron chi connectivity index (χ1n) is 10.3. The maximum atomic E-state index is 4.62. The fourth-order valence-corrected chi connectivity index (χ4v) is 4.86. The van der Waals surface area contributed by atoms with E-state index in [4.69, 9.17) is 0 Å². The quantitative estimate of drug-likeness (QED) is 0.364. The Morgan fingerprint density at radius 3 is 2.57 bits per heavy atom. The molecular weight excluding hydrogens is 366 g/mol. The Morgan fingerprint density at radius 1 is 0.900 bits per heavy atom. The van der Waals surface area contributed by atoms with Crippen LogP contribution in [0.15, 0.2) is 85.2 Å². The zero-order valence-electron chi connectivity index (χ0n) is 17.1. The first kappa shape index (κ1) is 17.2. The highest BCUT2D eigenvalue weighted by molar-refractivity contribution is 5.91. The Labute approximate surface area is 175 Å². The van der Waals surface area contributed by atoms with E-state index in [1.54, 1.807) is 0 Å². The lowest BCUT2D eigenvalue weighted by molar-refractivity contribution is -0.633. The first-order valence-corrected chi connectivity index (χ1v) is 10.3. The third-order valence-corrected chi connectivity index (χ3v) is 6.32. The van der Waals surface area contributed by atoms with Gasteiger partial charge in [-0.05, 0) is 35.7 Å². The summed E-state index contributed by atoms with van der Waals surface area (Å²) in [5, 5.41) is 1.27. The van der Waals surface area contributed by atoms with E-state index in [2.05, 4.69) is 107 Å². The van der Waals surface area contributed by atoms with Crippen molar-refractivity contribution in [3.8, 4) is 28.1 Å². The van der Waals surface area contributed by atoms with Crippen LogP contribution in [0.2, 0.25) is 0 Å². The Bertz CT molecular complexity index is 1430. The number of para-hydroxylation sites is 1. The van der Waals surface area contributed by atoms with Crippen LogP contribution in [0.25, 0.3) is 39.0 Å². The number of hydrogen-bond acceptors (Lipinski definition) is 1. The maximum absolute atomic E-state index is 4.62. The highest BCUT2D eigenvalue weighted by atomic mass is 15.1. The molecule has 0 amide bonds. The standard InChI is InChI=1S/C27H22N3/c1-18-12-13-20(19-8-4-3-5-9-19)16-22(18)26-23-17-25-28-14-15-30(25)27(23)21-10-6-7-11-24(21)29(26)2/h3-16H,17H2,1-2H3/q+1. The maximum Gasteiger partial charge on any atom is 0.218 e. The molecule has 3 heterocycles. The second kappa shape index (κ2) is 6.39. The van der Waals surface area contributed by atoms with Crippen LogP contribution in [0.1, 0.15) is 17.0 Å². The average molecular weight is 388 g/mol. The van der Waals surface area contributed by atoms with Crippen LogP contribution >= 0.6 is 0 Å². The van der Waals surface area contributed by atoms with E-state index in [9.17, 15) is 0 Å². The molecular formula is C27H22N3+. The molecule has 0 aliphatic carbocycles. The summed E-state index contributed by atoms with van der Waals surface area (Å²) < 4.78 is 4.62. The Hall–Kier alpha value is -3.72. The molecule has 0 fully saturated rings. The van der Waals surface area contributed by atoms with Crippen LogP contribution in [0.5, 0.6) is 0 Å². The van der Waals surface area contributed by atoms with Crippen LogP contribution in [0.4, 0.5) is 0 Å². The van der Waals surface area contributed by atoms with Crippen molar-refractivity contribution in [2.24, 2.45) is 7.05 Å². The number of pyridine rings is 1. The van der Waals surface area contributed by atoms with Crippen LogP contribution in [-0.4, -0.2) is 9.55 Å². The van der Waals surface area contributed by atoms with Crippen molar-refractivity contribution in [1.82, 2.24) is 9.55 Å². The lowest BCUT2D eigenvalue weighted by Crippen LogP contribution is -2.34. The topological polar surface area (TPSA) is 21.7 Å². The van der Waals surface area contributed by atoms with Crippen LogP contribution in [-0.2, 0) is 13.5 Å². The van der Waals surface area contributed by atoms with Crippen molar-refractivity contribution in [3.63, 3.8) is 0 Å². The summed E-state index contributed by atoms with van der Waals surface area (Å²) in [5.74, 6) is 1.11. The smallest absolute Gasteiger partial charge is 0.218 e. The Kier molecular flexibility index (Phi) is 3.66. The summed E-state index contributed by atoms with van der Waals surface area (Å²) in [6.07, 6.45) is 4.84. The second-order valence-electron chi connectivity index (χ2n) is 8.04. The van der Waals surface area contributed by atoms with Gasteiger partial charge in [0.05, 0.1) is 22.2 Å². The molecule has 1 aliphatic heterocycles. The monoisotopic (exact) mass is 388 g/mol. The van der Waals surface area contributed by atoms with Crippen LogP contribution < -0.4 is 4.57 Å². The summed E-state index contributed by atoms with van der Waals surface area (Å²) in [7, 11) is 2.19. The summed E-state index contributed by atoms with van der Waals surface area (Å²) in [5.41, 5.74) is 10.2. The van der Waals surface area contributed by atoms with E-state index in [-0.39, 0.29) is 0 Å². The molecule has 3 heteroatoms. The van der Waals surface area contributed by atoms with E-state index in [1.807, 2.05) is 6.20 Å². The number of aromatic nitrogens is 3. The number of nitrogens with zero attached hydrogens (tertiary/aromatic N) is 3. The number of imidazole rings is 1. The van der Waals surface area contributed by atoms with Gasteiger partial charge in [-0.25, -0.2) is 4.98 Å². The zero-order valence-corrected chi connectivity index (χ0v) is 17.1. The van der Waals surface area contributed by atoms with Gasteiger partial charge in [-0.1, -0.05) is 54.6 Å². The fraction of sp³-hybridized carbons (Fsp3) is 0.111. The lowest BCUT2D eigenvalue weighted by atomic mass is 9.93. The van der Waals surface area contributed by atoms with E-state index >= 15 is 0 Å². The predicted octanol–water partition coefficient (Wildman–Crippen LogP) is 5.40. The minimum absolute atomic E-state index is 0.853. The molecule has 1 aliphatic rings. The predicted molar refractivity (Wildman–Crippen MR) is 121 cm³/mol. The van der Waals surface area contributed by atoms with Crippen molar-refractivity contribution in [2.75, 3.05) is 0 Å². The Balaban J connectivity index is 1.69. The van der Waals surface area contributed by atoms with Gasteiger partial charge in [0.25, 0.3) is 0 Å². The highest BCUT2D eigenvalue weighted by Gasteiger charge is 2.32. The Morgan fingerprint density at radius 2 is 1.70 bits per heavy atom. The van der Waals surface area contributed by atoms with Gasteiger partial charge in [0.1, 0.15) is 12.9 Å². The highest BCUT2D eigenvalue weighted by Crippen LogP contribution is 2.39. The van der Waals surface area contributed by atoms with Gasteiger partial charge in [-0.2, -0.15) is 4.57 Å². The lowest BCUT2D eigenvalue weighted by Gasteiger charge is -2.14. The minimum atomic E-state index is 0.853. The minimum Gasteiger partial charge on any atom is -0.302 e. The number of rotatable bonds is 2. The molecule has 0 atom stereocenters. The molecule has 30 heavy (non-hydrogen) atoms. The summed E-state index contributed by atoms with van der Waals surface area (Å²) in [4.78, 5) is 4.62. The zero-order chi connectivity index (χ0) is 20.2. The van der Waals surface area contributed by atoms with E-state index in [0.29, 0.717) is 0 Å². The van der Waals surface area contributed by atoms with Gasteiger partial charge >= 0.3 is 0 Å². The molecule has 0 unspecified atom stereocenters. The normalized spacial score (nSPS) is 12.2. The molecule has 0 saturated heterocycles. The van der Waals surface area contributed by atoms with Crippen LogP contribution in [0.3, 0.4) is 0 Å². The molecule has 144 valence electrons. The average Bonchev–Trinajstić information content (AvgIpc) is 3.37. The van der Waals surface area contributed by atoms with E-state index in [1.165, 1.54) is 50.1 Å². The first-order chi connectivity index (χ1) is 14.7. The summed E-state index contributed by atoms with van der Waals surface area (Å²) >= 11 is 0. The number of aryl methyl sites for hydroxylation is 2. The number of fused-ring (bicyclic) bond motifs is 5. The van der Waals surface area contributed by atoms with Crippen LogP contribution in [0, 0.1) is 6.92 Å². The van der Waals surface area contributed by atoms with Gasteiger partial charge in [0.2, 0.25) is 11.2 Å². The molecule has 6 rings (SSSR count). The number of benzene rings is 3. The molecule has 3 aromatic carbocycles. The molecule has 0 saturated carbocycles. The van der Waals surface area contributed by atoms with Crippen molar-refractivity contribution < 1.29 is 4.57 Å². The molecule has 0 radical (unpaired) electrons. The fourth-order valence-electron chi connectivity index (χ4n) is 4.86. The third-order valence-electron chi connectivity index (χ3n) is 6.32. The molecule has 3 nitrogen and oxygen atoms in total. The van der Waals surface area contributed by atoms with Gasteiger partial charge < -0.3 is 4.57 Å². The summed E-state index contributed by atoms with van der Waals surface area (Å²) in [6.45, 7) is 2.21. The molecule has 0 N–H and O–H groups in total. The van der Waals surface area contributed by atoms with Gasteiger partial charge in [-0.15, -0.1) is 0 Å². The van der Waals surface area contributed by atoms with Gasteiger partial charge in [-0.3, -0.25) is 0 Å². The van der Waals surface area contributed by atoms with Gasteiger partial charge in [0, 0.05) is 24.9 Å². The van der Waals surface area contributed by atoms with Gasteiger partial charge in [0.15, 0.2) is 0 Å². The van der Waals surface area contributed by atoms with Crippen molar-refractivity contribution in [3.05, 3.63) is 102 Å². The molecule has 5 aromatic rings. The second-order valence-corrected chi connectivity index (χ2v) is 8.04. The van der Waals surface area contributed by atoms with Crippen molar-refractivity contribution in [1.29, 1.82) is 0 Å². The molecule has 2 aromatic heterocycles. The van der Waals surface area contributed by atoms with Crippen molar-refractivity contribution in [2.45, 2.75) is 13.3 Å².